The number of hydrogen-bond donors (Lipinski definition) is 1. The number of fused-ring (bicyclic) bond motifs is 1. The number of aromatic carboxylic acids is 1. The van der Waals surface area contributed by atoms with Crippen molar-refractivity contribution in [2.75, 3.05) is 12.8 Å². The monoisotopic (exact) mass is 345 g/mol. The minimum absolute atomic E-state index is 0.0121. The predicted octanol–water partition coefficient (Wildman–Crippen LogP) is 3.28. The average molecular weight is 345 g/mol. The maximum Gasteiger partial charge on any atom is 0.339 e. The van der Waals surface area contributed by atoms with E-state index in [0.717, 1.165) is 17.7 Å². The summed E-state index contributed by atoms with van der Waals surface area (Å²) >= 11 is 1.65. The van der Waals surface area contributed by atoms with Crippen molar-refractivity contribution in [2.24, 2.45) is 0 Å². The lowest BCUT2D eigenvalue weighted by molar-refractivity contribution is -0.130. The number of carboxylic acids is 1. The van der Waals surface area contributed by atoms with Gasteiger partial charge in [-0.2, -0.15) is 0 Å². The van der Waals surface area contributed by atoms with Crippen molar-refractivity contribution in [2.45, 2.75) is 25.1 Å². The van der Waals surface area contributed by atoms with Gasteiger partial charge in [0, 0.05) is 7.05 Å². The van der Waals surface area contributed by atoms with Crippen LogP contribution in [0.25, 0.3) is 0 Å². The van der Waals surface area contributed by atoms with Crippen LogP contribution >= 0.6 is 11.8 Å². The van der Waals surface area contributed by atoms with Crippen molar-refractivity contribution in [3.05, 3.63) is 58.5 Å². The lowest BCUT2D eigenvalue weighted by atomic mass is 10.0. The number of benzene rings is 1. The first-order valence-electron chi connectivity index (χ1n) is 7.74. The number of hydrogen-bond acceptors (Lipinski definition) is 4. The average Bonchev–Trinajstić information content (AvgIpc) is 2.94. The second kappa shape index (κ2) is 6.73. The van der Waals surface area contributed by atoms with Gasteiger partial charge in [0.25, 0.3) is 0 Å². The molecule has 0 spiro atoms. The van der Waals surface area contributed by atoms with E-state index in [1.54, 1.807) is 30.6 Å². The number of carbonyl (C=O) groups excluding carboxylic acids is 1. The fraction of sp³-hybridized carbons (Fsp3) is 0.333. The topological polar surface area (TPSA) is 70.8 Å². The summed E-state index contributed by atoms with van der Waals surface area (Å²) in [6.45, 7) is 1.87. The van der Waals surface area contributed by atoms with Crippen LogP contribution in [0.4, 0.5) is 0 Å². The molecule has 5 nitrogen and oxygen atoms in total. The number of amides is 1. The molecular formula is C18H19NO4S. The van der Waals surface area contributed by atoms with E-state index in [1.165, 1.54) is 11.6 Å². The van der Waals surface area contributed by atoms with Crippen LogP contribution in [0.5, 0.6) is 0 Å². The molecule has 24 heavy (non-hydrogen) atoms. The first-order chi connectivity index (χ1) is 11.5. The van der Waals surface area contributed by atoms with Gasteiger partial charge in [0.05, 0.1) is 6.54 Å². The molecule has 0 fully saturated rings. The third-order valence-electron chi connectivity index (χ3n) is 4.19. The highest BCUT2D eigenvalue weighted by Gasteiger charge is 2.29. The SMILES string of the molecule is Cc1oc(CN(C)C(=O)C2SCCc3ccccc32)cc1C(=O)O. The van der Waals surface area contributed by atoms with E-state index in [1.807, 2.05) is 18.2 Å². The van der Waals surface area contributed by atoms with Gasteiger partial charge >= 0.3 is 5.97 Å². The summed E-state index contributed by atoms with van der Waals surface area (Å²) < 4.78 is 5.47. The Morgan fingerprint density at radius 2 is 2.12 bits per heavy atom. The number of nitrogens with zero attached hydrogens (tertiary/aromatic N) is 1. The molecule has 2 heterocycles. The summed E-state index contributed by atoms with van der Waals surface area (Å²) in [5.41, 5.74) is 2.45. The molecular weight excluding hydrogens is 326 g/mol. The third-order valence-corrected chi connectivity index (χ3v) is 5.41. The van der Waals surface area contributed by atoms with Crippen LogP contribution in [0.15, 0.2) is 34.7 Å². The zero-order valence-electron chi connectivity index (χ0n) is 13.6. The Labute approximate surface area is 144 Å². The van der Waals surface area contributed by atoms with E-state index in [9.17, 15) is 9.59 Å². The van der Waals surface area contributed by atoms with Gasteiger partial charge in [-0.1, -0.05) is 24.3 Å². The van der Waals surface area contributed by atoms with Crippen molar-refractivity contribution in [1.82, 2.24) is 4.90 Å². The molecule has 0 saturated heterocycles. The molecule has 6 heteroatoms. The summed E-state index contributed by atoms with van der Waals surface area (Å²) in [6, 6.07) is 9.53. The maximum atomic E-state index is 12.8. The second-order valence-corrected chi connectivity index (χ2v) is 7.09. The van der Waals surface area contributed by atoms with Crippen LogP contribution in [0, 0.1) is 6.92 Å². The van der Waals surface area contributed by atoms with E-state index >= 15 is 0 Å². The summed E-state index contributed by atoms with van der Waals surface area (Å²) in [7, 11) is 1.72. The number of furan rings is 1. The third kappa shape index (κ3) is 3.19. The van der Waals surface area contributed by atoms with Crippen LogP contribution in [0.2, 0.25) is 0 Å². The number of thioether (sulfide) groups is 1. The molecule has 1 N–H and O–H groups in total. The quantitative estimate of drug-likeness (QED) is 0.921. The predicted molar refractivity (Wildman–Crippen MR) is 92.2 cm³/mol. The van der Waals surface area contributed by atoms with Gasteiger partial charge in [-0.3, -0.25) is 4.79 Å². The molecule has 2 aromatic rings. The molecule has 0 aliphatic carbocycles. The molecule has 0 saturated carbocycles. The fourth-order valence-corrected chi connectivity index (χ4v) is 4.25. The minimum Gasteiger partial charge on any atom is -0.478 e. The van der Waals surface area contributed by atoms with Crippen molar-refractivity contribution < 1.29 is 19.1 Å². The van der Waals surface area contributed by atoms with E-state index < -0.39 is 5.97 Å². The van der Waals surface area contributed by atoms with E-state index in [2.05, 4.69) is 6.07 Å². The number of aryl methyl sites for hydroxylation is 2. The normalized spacial score (nSPS) is 16.5. The minimum atomic E-state index is -1.02. The standard InChI is InChI=1S/C18H19NO4S/c1-11-15(18(21)22)9-13(23-11)10-19(2)17(20)16-14-6-4-3-5-12(14)7-8-24-16/h3-6,9,16H,7-8,10H2,1-2H3,(H,21,22). The summed E-state index contributed by atoms with van der Waals surface area (Å²) in [5, 5.41) is 8.88. The first-order valence-corrected chi connectivity index (χ1v) is 8.79. The largest absolute Gasteiger partial charge is 0.478 e. The van der Waals surface area contributed by atoms with Crippen molar-refractivity contribution >= 4 is 23.6 Å². The molecule has 1 unspecified atom stereocenters. The van der Waals surface area contributed by atoms with Gasteiger partial charge in [0.2, 0.25) is 5.91 Å². The highest BCUT2D eigenvalue weighted by atomic mass is 32.2. The Bertz CT molecular complexity index is 783. The van der Waals surface area contributed by atoms with Gasteiger partial charge in [0.15, 0.2) is 0 Å². The fourth-order valence-electron chi connectivity index (χ4n) is 2.94. The Balaban J connectivity index is 1.76. The van der Waals surface area contributed by atoms with E-state index in [-0.39, 0.29) is 23.3 Å². The number of carbonyl (C=O) groups is 2. The summed E-state index contributed by atoms with van der Waals surface area (Å²) in [4.78, 5) is 25.5. The Morgan fingerprint density at radius 3 is 2.83 bits per heavy atom. The lowest BCUT2D eigenvalue weighted by Crippen LogP contribution is -2.31. The van der Waals surface area contributed by atoms with Crippen molar-refractivity contribution in [3.63, 3.8) is 0 Å². The Morgan fingerprint density at radius 1 is 1.38 bits per heavy atom. The van der Waals surface area contributed by atoms with Crippen molar-refractivity contribution in [3.8, 4) is 0 Å². The van der Waals surface area contributed by atoms with Gasteiger partial charge in [-0.05, 0) is 36.3 Å². The zero-order valence-corrected chi connectivity index (χ0v) is 14.4. The smallest absolute Gasteiger partial charge is 0.339 e. The van der Waals surface area contributed by atoms with Crippen LogP contribution < -0.4 is 0 Å². The van der Waals surface area contributed by atoms with Gasteiger partial charge < -0.3 is 14.4 Å². The number of likely N-dealkylation sites (N-methyl/N-ethyl adjacent to an activating group) is 1. The Kier molecular flexibility index (Phi) is 4.66. The Hall–Kier alpha value is -2.21. The van der Waals surface area contributed by atoms with Crippen LogP contribution in [-0.4, -0.2) is 34.7 Å². The summed E-state index contributed by atoms with van der Waals surface area (Å²) in [6.07, 6.45) is 0.980. The highest BCUT2D eigenvalue weighted by molar-refractivity contribution is 8.00. The molecule has 3 rings (SSSR count). The molecule has 1 aliphatic heterocycles. The molecule has 0 radical (unpaired) electrons. The zero-order chi connectivity index (χ0) is 17.3. The molecule has 1 amide bonds. The second-order valence-electron chi connectivity index (χ2n) is 5.88. The van der Waals surface area contributed by atoms with E-state index in [4.69, 9.17) is 9.52 Å². The molecule has 1 aliphatic rings. The molecule has 1 atom stereocenters. The van der Waals surface area contributed by atoms with Gasteiger partial charge in [-0.25, -0.2) is 4.79 Å². The molecule has 1 aromatic carbocycles. The summed E-state index contributed by atoms with van der Waals surface area (Å²) in [5.74, 6) is 0.751. The lowest BCUT2D eigenvalue weighted by Gasteiger charge is -2.27. The van der Waals surface area contributed by atoms with Gasteiger partial charge in [0.1, 0.15) is 22.3 Å². The number of carboxylic acid groups (broad SMARTS) is 1. The maximum absolute atomic E-state index is 12.8. The van der Waals surface area contributed by atoms with Crippen LogP contribution in [-0.2, 0) is 17.8 Å². The molecule has 126 valence electrons. The van der Waals surface area contributed by atoms with Crippen LogP contribution in [0.1, 0.15) is 38.3 Å². The molecule has 1 aromatic heterocycles. The molecule has 0 bridgehead atoms. The van der Waals surface area contributed by atoms with Crippen LogP contribution in [0.3, 0.4) is 0 Å². The highest BCUT2D eigenvalue weighted by Crippen LogP contribution is 2.38. The van der Waals surface area contributed by atoms with Crippen molar-refractivity contribution in [1.29, 1.82) is 0 Å². The number of rotatable bonds is 4. The van der Waals surface area contributed by atoms with Gasteiger partial charge in [-0.15, -0.1) is 11.8 Å². The first kappa shape index (κ1) is 16.6. The van der Waals surface area contributed by atoms with E-state index in [0.29, 0.717) is 11.5 Å².